The van der Waals surface area contributed by atoms with Gasteiger partial charge in [0.2, 0.25) is 5.76 Å². The molecular weight excluding hydrogens is 411 g/mol. The van der Waals surface area contributed by atoms with Gasteiger partial charge < -0.3 is 14.2 Å². The summed E-state index contributed by atoms with van der Waals surface area (Å²) >= 11 is 12.3. The Morgan fingerprint density at radius 3 is 2.45 bits per heavy atom. The minimum absolute atomic E-state index is 0.0999. The van der Waals surface area contributed by atoms with Gasteiger partial charge in [-0.05, 0) is 56.4 Å². The number of benzene rings is 2. The molecule has 0 aliphatic carbocycles. The van der Waals surface area contributed by atoms with Crippen LogP contribution in [0.2, 0.25) is 10.0 Å². The summed E-state index contributed by atoms with van der Waals surface area (Å²) in [6.07, 6.45) is 0. The van der Waals surface area contributed by atoms with Crippen molar-refractivity contribution in [3.8, 4) is 0 Å². The highest BCUT2D eigenvalue weighted by molar-refractivity contribution is 6.32. The molecular formula is C22H20Cl2N2O3. The van der Waals surface area contributed by atoms with E-state index in [9.17, 15) is 9.59 Å². The van der Waals surface area contributed by atoms with E-state index in [1.165, 1.54) is 0 Å². The van der Waals surface area contributed by atoms with E-state index in [4.69, 9.17) is 27.6 Å². The van der Waals surface area contributed by atoms with Crippen LogP contribution in [-0.4, -0.2) is 42.9 Å². The Morgan fingerprint density at radius 1 is 1.10 bits per heavy atom. The van der Waals surface area contributed by atoms with Gasteiger partial charge in [0.25, 0.3) is 5.91 Å². The van der Waals surface area contributed by atoms with Crippen molar-refractivity contribution in [1.29, 1.82) is 0 Å². The first kappa shape index (κ1) is 20.0. The van der Waals surface area contributed by atoms with Crippen molar-refractivity contribution in [2.45, 2.75) is 13.0 Å². The Balaban J connectivity index is 1.96. The lowest BCUT2D eigenvalue weighted by Crippen LogP contribution is -2.35. The topological polar surface area (TPSA) is 53.8 Å². The van der Waals surface area contributed by atoms with Gasteiger partial charge in [-0.1, -0.05) is 35.3 Å². The predicted octanol–water partition coefficient (Wildman–Crippen LogP) is 4.52. The largest absolute Gasteiger partial charge is 0.450 e. The fourth-order valence-corrected chi connectivity index (χ4v) is 3.96. The van der Waals surface area contributed by atoms with E-state index in [1.54, 1.807) is 29.2 Å². The maximum absolute atomic E-state index is 13.4. The minimum Gasteiger partial charge on any atom is -0.450 e. The molecule has 0 saturated carbocycles. The third-order valence-corrected chi connectivity index (χ3v) is 5.88. The first-order valence-corrected chi connectivity index (χ1v) is 10.0. The van der Waals surface area contributed by atoms with Crippen LogP contribution in [0.25, 0.3) is 11.0 Å². The summed E-state index contributed by atoms with van der Waals surface area (Å²) in [5.74, 6) is -0.184. The van der Waals surface area contributed by atoms with Crippen LogP contribution in [0.15, 0.2) is 45.6 Å². The summed E-state index contributed by atoms with van der Waals surface area (Å²) in [6, 6.07) is 9.97. The molecule has 2 aromatic carbocycles. The first-order valence-electron chi connectivity index (χ1n) is 9.26. The number of halogens is 2. The number of amides is 1. The Bertz CT molecular complexity index is 1170. The monoisotopic (exact) mass is 430 g/mol. The van der Waals surface area contributed by atoms with E-state index in [0.717, 1.165) is 11.1 Å². The normalized spacial score (nSPS) is 16.1. The van der Waals surface area contributed by atoms with Gasteiger partial charge in [0.05, 0.1) is 17.0 Å². The smallest absolute Gasteiger partial charge is 0.290 e. The molecule has 0 fully saturated rings. The molecule has 1 atom stereocenters. The molecule has 0 bridgehead atoms. The maximum atomic E-state index is 13.4. The highest BCUT2D eigenvalue weighted by atomic mass is 35.5. The molecule has 0 N–H and O–H groups in total. The van der Waals surface area contributed by atoms with Crippen LogP contribution < -0.4 is 5.43 Å². The van der Waals surface area contributed by atoms with Gasteiger partial charge in [0, 0.05) is 23.1 Å². The third-order valence-electron chi connectivity index (χ3n) is 5.22. The van der Waals surface area contributed by atoms with E-state index >= 15 is 0 Å². The zero-order valence-electron chi connectivity index (χ0n) is 16.3. The molecule has 1 amide bonds. The second-order valence-corrected chi connectivity index (χ2v) is 8.37. The van der Waals surface area contributed by atoms with Crippen LogP contribution in [0.4, 0.5) is 0 Å². The minimum atomic E-state index is -0.532. The lowest BCUT2D eigenvalue weighted by Gasteiger charge is -2.26. The number of rotatable bonds is 4. The van der Waals surface area contributed by atoms with Gasteiger partial charge in [0.15, 0.2) is 5.43 Å². The van der Waals surface area contributed by atoms with E-state index in [-0.39, 0.29) is 17.1 Å². The summed E-state index contributed by atoms with van der Waals surface area (Å²) in [4.78, 5) is 30.3. The predicted molar refractivity (Wildman–Crippen MR) is 115 cm³/mol. The number of likely N-dealkylation sites (N-methyl/N-ethyl adjacent to an activating group) is 1. The van der Waals surface area contributed by atoms with Crippen LogP contribution in [-0.2, 0) is 0 Å². The summed E-state index contributed by atoms with van der Waals surface area (Å²) in [7, 11) is 3.88. The van der Waals surface area contributed by atoms with E-state index in [2.05, 4.69) is 0 Å². The van der Waals surface area contributed by atoms with Crippen LogP contribution in [0.5, 0.6) is 0 Å². The lowest BCUT2D eigenvalue weighted by molar-refractivity contribution is 0.0716. The van der Waals surface area contributed by atoms with Crippen LogP contribution in [0.1, 0.15) is 33.3 Å². The SMILES string of the molecule is Cc1cc2oc3c(c(=O)c2cc1Cl)[C@H](c1ccc(Cl)cc1)N(CCN(C)C)C3=O. The van der Waals surface area contributed by atoms with Crippen LogP contribution >= 0.6 is 23.2 Å². The number of carbonyl (C=O) groups excluding carboxylic acids is 1. The van der Waals surface area contributed by atoms with Gasteiger partial charge in [-0.25, -0.2) is 0 Å². The summed E-state index contributed by atoms with van der Waals surface area (Å²) in [5, 5.41) is 1.45. The van der Waals surface area contributed by atoms with Crippen molar-refractivity contribution in [2.24, 2.45) is 0 Å². The molecule has 1 aliphatic heterocycles. The van der Waals surface area contributed by atoms with Crippen LogP contribution in [0.3, 0.4) is 0 Å². The fraction of sp³-hybridized carbons (Fsp3) is 0.273. The summed E-state index contributed by atoms with van der Waals surface area (Å²) in [6.45, 7) is 2.94. The van der Waals surface area contributed by atoms with Gasteiger partial charge in [-0.2, -0.15) is 0 Å². The van der Waals surface area contributed by atoms with Gasteiger partial charge in [-0.3, -0.25) is 9.59 Å². The van der Waals surface area contributed by atoms with Crippen LogP contribution in [0, 0.1) is 6.92 Å². The second kappa shape index (κ2) is 7.48. The molecule has 29 heavy (non-hydrogen) atoms. The highest BCUT2D eigenvalue weighted by Gasteiger charge is 2.42. The Hall–Kier alpha value is -2.34. The van der Waals surface area contributed by atoms with Gasteiger partial charge >= 0.3 is 0 Å². The molecule has 0 unspecified atom stereocenters. The number of carbonyl (C=O) groups is 1. The molecule has 1 aromatic heterocycles. The van der Waals surface area contributed by atoms with Crippen molar-refractivity contribution < 1.29 is 9.21 Å². The van der Waals surface area contributed by atoms with E-state index < -0.39 is 6.04 Å². The quantitative estimate of drug-likeness (QED) is 0.610. The Morgan fingerprint density at radius 2 is 1.79 bits per heavy atom. The highest BCUT2D eigenvalue weighted by Crippen LogP contribution is 2.38. The first-order chi connectivity index (χ1) is 13.8. The fourth-order valence-electron chi connectivity index (χ4n) is 3.67. The van der Waals surface area contributed by atoms with Gasteiger partial charge in [0.1, 0.15) is 5.58 Å². The van der Waals surface area contributed by atoms with Crippen molar-refractivity contribution >= 4 is 40.1 Å². The zero-order valence-corrected chi connectivity index (χ0v) is 17.8. The molecule has 0 radical (unpaired) electrons. The maximum Gasteiger partial charge on any atom is 0.290 e. The second-order valence-electron chi connectivity index (χ2n) is 7.53. The number of fused-ring (bicyclic) bond motifs is 2. The van der Waals surface area contributed by atoms with Crippen molar-refractivity contribution in [3.63, 3.8) is 0 Å². The standard InChI is InChI=1S/C22H20Cl2N2O3/c1-12-10-17-15(11-16(12)24)20(27)18-19(13-4-6-14(23)7-5-13)26(9-8-25(2)3)22(28)21(18)29-17/h4-7,10-11,19H,8-9H2,1-3H3/t19-/m0/s1. The van der Waals surface area contributed by atoms with E-state index in [1.807, 2.05) is 38.1 Å². The van der Waals surface area contributed by atoms with Crippen molar-refractivity contribution in [2.75, 3.05) is 27.2 Å². The Kier molecular flexibility index (Phi) is 5.15. The lowest BCUT2D eigenvalue weighted by atomic mass is 9.98. The summed E-state index contributed by atoms with van der Waals surface area (Å²) < 4.78 is 5.96. The third kappa shape index (κ3) is 3.44. The molecule has 1 aliphatic rings. The van der Waals surface area contributed by atoms with Crippen molar-refractivity contribution in [3.05, 3.63) is 79.1 Å². The average molecular weight is 431 g/mol. The molecule has 2 heterocycles. The number of nitrogens with zero attached hydrogens (tertiary/aromatic N) is 2. The number of aryl methyl sites for hydroxylation is 1. The molecule has 0 spiro atoms. The summed E-state index contributed by atoms with van der Waals surface area (Å²) in [5.41, 5.74) is 2.08. The molecule has 3 aromatic rings. The van der Waals surface area contributed by atoms with Crippen molar-refractivity contribution in [1.82, 2.24) is 9.80 Å². The molecule has 150 valence electrons. The number of hydrogen-bond donors (Lipinski definition) is 0. The molecule has 0 saturated heterocycles. The van der Waals surface area contributed by atoms with Gasteiger partial charge in [-0.15, -0.1) is 0 Å². The number of hydrogen-bond acceptors (Lipinski definition) is 4. The zero-order chi connectivity index (χ0) is 20.9. The van der Waals surface area contributed by atoms with E-state index in [0.29, 0.717) is 39.7 Å². The molecule has 5 nitrogen and oxygen atoms in total. The molecule has 7 heteroatoms. The average Bonchev–Trinajstić information content (AvgIpc) is 2.95. The Labute approximate surface area is 178 Å². The molecule has 4 rings (SSSR count).